The second-order valence-electron chi connectivity index (χ2n) is 8.32. The van der Waals surface area contributed by atoms with E-state index in [0.717, 1.165) is 10.9 Å². The van der Waals surface area contributed by atoms with Gasteiger partial charge in [0.05, 0.1) is 5.52 Å². The Bertz CT molecular complexity index is 1430. The summed E-state index contributed by atoms with van der Waals surface area (Å²) in [6.45, 7) is 3.25. The number of carbonyl (C=O) groups excluding carboxylic acids is 2. The number of aromatic amines is 1. The van der Waals surface area contributed by atoms with Crippen LogP contribution in [0, 0.1) is 0 Å². The van der Waals surface area contributed by atoms with Gasteiger partial charge in [-0.15, -0.1) is 0 Å². The lowest BCUT2D eigenvalue weighted by Gasteiger charge is -2.34. The summed E-state index contributed by atoms with van der Waals surface area (Å²) in [7, 11) is 1.89. The van der Waals surface area contributed by atoms with Crippen LogP contribution in [0.4, 0.5) is 0 Å². The summed E-state index contributed by atoms with van der Waals surface area (Å²) < 4.78 is 6.94. The lowest BCUT2D eigenvalue weighted by atomic mass is 10.1. The Labute approximate surface area is 194 Å². The lowest BCUT2D eigenvalue weighted by Crippen LogP contribution is -2.49. The van der Waals surface area contributed by atoms with Gasteiger partial charge in [-0.3, -0.25) is 19.5 Å². The van der Waals surface area contributed by atoms with E-state index in [2.05, 4.69) is 9.88 Å². The van der Waals surface area contributed by atoms with E-state index in [4.69, 9.17) is 16.0 Å². The first-order valence-electron chi connectivity index (χ1n) is 10.8. The average Bonchev–Trinajstić information content (AvgIpc) is 3.35. The van der Waals surface area contributed by atoms with Gasteiger partial charge in [-0.25, -0.2) is 4.79 Å². The molecule has 2 aromatic heterocycles. The molecule has 0 spiro atoms. The highest BCUT2D eigenvalue weighted by Gasteiger charge is 2.25. The number of oxazole rings is 1. The van der Waals surface area contributed by atoms with E-state index in [-0.39, 0.29) is 11.7 Å². The third kappa shape index (κ3) is 4.19. The molecule has 33 heavy (non-hydrogen) atoms. The molecular weight excluding hydrogens is 444 g/mol. The van der Waals surface area contributed by atoms with Gasteiger partial charge in [0, 0.05) is 67.7 Å². The third-order valence-corrected chi connectivity index (χ3v) is 6.52. The molecule has 9 heteroatoms. The number of fused-ring (bicyclic) bond motifs is 2. The molecule has 0 bridgehead atoms. The summed E-state index contributed by atoms with van der Waals surface area (Å²) in [6.07, 6.45) is 0.359. The monoisotopic (exact) mass is 466 g/mol. The van der Waals surface area contributed by atoms with Crippen molar-refractivity contribution >= 4 is 45.3 Å². The number of piperazine rings is 1. The van der Waals surface area contributed by atoms with Crippen molar-refractivity contribution in [3.8, 4) is 0 Å². The van der Waals surface area contributed by atoms with Crippen LogP contribution in [0.5, 0.6) is 0 Å². The number of benzene rings is 2. The van der Waals surface area contributed by atoms with Gasteiger partial charge < -0.3 is 13.9 Å². The molecule has 0 saturated carbocycles. The second kappa shape index (κ2) is 8.53. The van der Waals surface area contributed by atoms with Gasteiger partial charge in [0.1, 0.15) is 5.69 Å². The van der Waals surface area contributed by atoms with Crippen molar-refractivity contribution in [3.05, 3.63) is 69.3 Å². The summed E-state index contributed by atoms with van der Waals surface area (Å²) in [5, 5.41) is 1.59. The number of nitrogens with zero attached hydrogens (tertiary/aromatic N) is 3. The molecule has 8 nitrogen and oxygen atoms in total. The molecule has 1 amide bonds. The van der Waals surface area contributed by atoms with E-state index < -0.39 is 5.76 Å². The third-order valence-electron chi connectivity index (χ3n) is 6.28. The number of amides is 1. The molecule has 2 aromatic carbocycles. The number of aromatic nitrogens is 2. The SMILES string of the molecule is Cn1c(C(=O)N2CCN(CCC(=O)c3ccc4[nH]c(=O)oc4c3)CC2)cc2cc(Cl)ccc21. The van der Waals surface area contributed by atoms with Crippen LogP contribution in [0.15, 0.2) is 51.7 Å². The summed E-state index contributed by atoms with van der Waals surface area (Å²) in [6, 6.07) is 12.5. The van der Waals surface area contributed by atoms with Gasteiger partial charge >= 0.3 is 5.76 Å². The minimum atomic E-state index is -0.533. The van der Waals surface area contributed by atoms with E-state index in [1.165, 1.54) is 0 Å². The van der Waals surface area contributed by atoms with Crippen LogP contribution in [0.25, 0.3) is 22.0 Å². The molecule has 1 aliphatic heterocycles. The Hall–Kier alpha value is -3.36. The first-order chi connectivity index (χ1) is 15.9. The van der Waals surface area contributed by atoms with Crippen LogP contribution in [0.1, 0.15) is 27.3 Å². The van der Waals surface area contributed by atoms with E-state index in [1.54, 1.807) is 18.2 Å². The topological polar surface area (TPSA) is 91.5 Å². The average molecular weight is 467 g/mol. The van der Waals surface area contributed by atoms with E-state index in [9.17, 15) is 14.4 Å². The molecule has 3 heterocycles. The van der Waals surface area contributed by atoms with Crippen molar-refractivity contribution in [2.45, 2.75) is 6.42 Å². The molecule has 0 radical (unpaired) electrons. The maximum atomic E-state index is 13.1. The molecule has 1 aliphatic rings. The summed E-state index contributed by atoms with van der Waals surface area (Å²) in [4.78, 5) is 43.6. The number of H-pyrrole nitrogens is 1. The minimum absolute atomic E-state index is 0.00171. The molecule has 0 aliphatic carbocycles. The first kappa shape index (κ1) is 21.5. The summed E-state index contributed by atoms with van der Waals surface area (Å²) in [5.41, 5.74) is 3.09. The fourth-order valence-corrected chi connectivity index (χ4v) is 4.57. The van der Waals surface area contributed by atoms with Crippen LogP contribution in [-0.4, -0.2) is 63.8 Å². The number of aryl methyl sites for hydroxylation is 1. The second-order valence-corrected chi connectivity index (χ2v) is 8.76. The van der Waals surface area contributed by atoms with Crippen LogP contribution in [-0.2, 0) is 7.05 Å². The predicted molar refractivity (Wildman–Crippen MR) is 126 cm³/mol. The van der Waals surface area contributed by atoms with Gasteiger partial charge in [0.15, 0.2) is 11.4 Å². The highest BCUT2D eigenvalue weighted by molar-refractivity contribution is 6.31. The molecule has 170 valence electrons. The molecule has 5 rings (SSSR count). The Morgan fingerprint density at radius 2 is 1.85 bits per heavy atom. The molecule has 1 fully saturated rings. The maximum absolute atomic E-state index is 13.1. The smallest absolute Gasteiger partial charge is 0.408 e. The number of nitrogens with one attached hydrogen (secondary N) is 1. The Morgan fingerprint density at radius 3 is 2.64 bits per heavy atom. The number of rotatable bonds is 5. The Morgan fingerprint density at radius 1 is 1.06 bits per heavy atom. The highest BCUT2D eigenvalue weighted by atomic mass is 35.5. The van der Waals surface area contributed by atoms with Crippen LogP contribution >= 0.6 is 11.6 Å². The molecule has 1 N–H and O–H groups in total. The summed E-state index contributed by atoms with van der Waals surface area (Å²) >= 11 is 6.09. The molecular formula is C24H23ClN4O4. The van der Waals surface area contributed by atoms with Crippen molar-refractivity contribution in [1.82, 2.24) is 19.4 Å². The maximum Gasteiger partial charge on any atom is 0.417 e. The number of hydrogen-bond donors (Lipinski definition) is 1. The van der Waals surface area contributed by atoms with Gasteiger partial charge in [-0.1, -0.05) is 11.6 Å². The zero-order valence-corrected chi connectivity index (χ0v) is 18.9. The largest absolute Gasteiger partial charge is 0.417 e. The van der Waals surface area contributed by atoms with Crippen molar-refractivity contribution < 1.29 is 14.0 Å². The minimum Gasteiger partial charge on any atom is -0.408 e. The quantitative estimate of drug-likeness (QED) is 0.456. The van der Waals surface area contributed by atoms with E-state index in [0.29, 0.717) is 66.5 Å². The standard InChI is InChI=1S/C24H23ClN4O4/c1-27-19-5-3-17(25)12-16(19)13-20(27)23(31)29-10-8-28(9-11-29)7-6-21(30)15-2-4-18-22(14-15)33-24(32)26-18/h2-5,12-14H,6-11H2,1H3,(H,26,32). The normalized spacial score (nSPS) is 14.9. The highest BCUT2D eigenvalue weighted by Crippen LogP contribution is 2.24. The number of hydrogen-bond acceptors (Lipinski definition) is 5. The van der Waals surface area contributed by atoms with Crippen molar-refractivity contribution in [2.75, 3.05) is 32.7 Å². The molecule has 0 unspecified atom stereocenters. The number of ketones is 1. The zero-order chi connectivity index (χ0) is 23.1. The fraction of sp³-hybridized carbons (Fsp3) is 0.292. The van der Waals surface area contributed by atoms with Crippen molar-refractivity contribution in [3.63, 3.8) is 0 Å². The lowest BCUT2D eigenvalue weighted by molar-refractivity contribution is 0.0620. The van der Waals surface area contributed by atoms with Crippen molar-refractivity contribution in [2.24, 2.45) is 7.05 Å². The molecule has 4 aromatic rings. The van der Waals surface area contributed by atoms with E-state index in [1.807, 2.05) is 40.8 Å². The predicted octanol–water partition coefficient (Wildman–Crippen LogP) is 3.30. The van der Waals surface area contributed by atoms with Crippen LogP contribution in [0.2, 0.25) is 5.02 Å². The van der Waals surface area contributed by atoms with Gasteiger partial charge in [-0.05, 0) is 42.5 Å². The fourth-order valence-electron chi connectivity index (χ4n) is 4.38. The Balaban J connectivity index is 1.18. The number of halogens is 1. The number of Topliss-reactive ketones (excluding diaryl/α,β-unsaturated/α-hetero) is 1. The molecule has 1 saturated heterocycles. The Kier molecular flexibility index (Phi) is 5.55. The van der Waals surface area contributed by atoms with Crippen LogP contribution in [0.3, 0.4) is 0 Å². The first-order valence-corrected chi connectivity index (χ1v) is 11.2. The van der Waals surface area contributed by atoms with E-state index >= 15 is 0 Å². The van der Waals surface area contributed by atoms with Gasteiger partial charge in [-0.2, -0.15) is 0 Å². The van der Waals surface area contributed by atoms with Gasteiger partial charge in [0.2, 0.25) is 0 Å². The molecule has 0 atom stereocenters. The zero-order valence-electron chi connectivity index (χ0n) is 18.1. The van der Waals surface area contributed by atoms with Crippen molar-refractivity contribution in [1.29, 1.82) is 0 Å². The van der Waals surface area contributed by atoms with Crippen LogP contribution < -0.4 is 5.76 Å². The van der Waals surface area contributed by atoms with Gasteiger partial charge in [0.25, 0.3) is 5.91 Å². The number of carbonyl (C=O) groups is 2. The summed E-state index contributed by atoms with van der Waals surface area (Å²) in [5.74, 6) is -0.537.